The molecule has 3 aromatic rings. The fourth-order valence-corrected chi connectivity index (χ4v) is 3.78. The third kappa shape index (κ3) is 5.87. The van der Waals surface area contributed by atoms with Gasteiger partial charge < -0.3 is 0 Å². The maximum absolute atomic E-state index is 13.2. The highest BCUT2D eigenvalue weighted by Crippen LogP contribution is 2.51. The van der Waals surface area contributed by atoms with Gasteiger partial charge in [0, 0.05) is 17.5 Å². The van der Waals surface area contributed by atoms with Crippen molar-refractivity contribution in [2.45, 2.75) is 51.9 Å². The van der Waals surface area contributed by atoms with E-state index >= 15 is 0 Å². The minimum atomic E-state index is -5.81. The van der Waals surface area contributed by atoms with Gasteiger partial charge in [-0.2, -0.15) is 31.3 Å². The van der Waals surface area contributed by atoms with Gasteiger partial charge in [-0.15, -0.1) is 0 Å². The lowest BCUT2D eigenvalue weighted by molar-refractivity contribution is -0.318. The first kappa shape index (κ1) is 28.4. The molecule has 0 aliphatic carbocycles. The molecule has 2 aromatic carbocycles. The van der Waals surface area contributed by atoms with Crippen molar-refractivity contribution >= 4 is 17.4 Å². The molecule has 0 unspecified atom stereocenters. The Morgan fingerprint density at radius 1 is 1.00 bits per heavy atom. The van der Waals surface area contributed by atoms with Crippen molar-refractivity contribution in [1.82, 2.24) is 15.0 Å². The van der Waals surface area contributed by atoms with Crippen LogP contribution in [0.2, 0.25) is 5.02 Å². The molecule has 0 saturated carbocycles. The normalized spacial score (nSPS) is 12.7. The molecule has 1 N–H and O–H groups in total. The molecule has 0 fully saturated rings. The number of benzene rings is 2. The molecule has 0 saturated heterocycles. The summed E-state index contributed by atoms with van der Waals surface area (Å²) in [6, 6.07) is 11.3. The average molecular weight is 546 g/mol. The Morgan fingerprint density at radius 3 is 2.24 bits per heavy atom. The molecule has 198 valence electrons. The van der Waals surface area contributed by atoms with Crippen LogP contribution in [-0.2, 0) is 11.2 Å². The summed E-state index contributed by atoms with van der Waals surface area (Å²) in [7, 11) is 0. The van der Waals surface area contributed by atoms with Crippen molar-refractivity contribution in [3.63, 3.8) is 0 Å². The number of halogens is 7. The molecule has 1 aromatic heterocycles. The second-order valence-electron chi connectivity index (χ2n) is 8.96. The minimum Gasteiger partial charge on any atom is -0.298 e. The standard InChI is InChI=1S/C25H22ClF6N3O2/c1-13(2)15-5-4-6-16(12-15)20-33-21(35-22(37)34-20)17-11-14(7-9-18(17)26)8-10-19(36)23(3,24(27,28)29)25(30,31)32/h4-7,9,11-13H,8,10H2,1-3H3,(H,33,34,35,37). The first-order valence-corrected chi connectivity index (χ1v) is 11.5. The zero-order valence-electron chi connectivity index (χ0n) is 19.9. The molecular formula is C25H22ClF6N3O2. The summed E-state index contributed by atoms with van der Waals surface area (Å²) < 4.78 is 79.2. The molecule has 0 radical (unpaired) electrons. The van der Waals surface area contributed by atoms with E-state index in [1.165, 1.54) is 18.2 Å². The van der Waals surface area contributed by atoms with Crippen molar-refractivity contribution in [3.05, 3.63) is 69.1 Å². The van der Waals surface area contributed by atoms with E-state index in [2.05, 4.69) is 15.0 Å². The van der Waals surface area contributed by atoms with E-state index in [0.717, 1.165) is 5.56 Å². The zero-order chi connectivity index (χ0) is 27.8. The molecule has 0 aliphatic heterocycles. The number of aromatic nitrogens is 3. The summed E-state index contributed by atoms with van der Waals surface area (Å²) in [6.45, 7) is 3.82. The number of nitrogens with zero attached hydrogens (tertiary/aromatic N) is 2. The highest BCUT2D eigenvalue weighted by atomic mass is 35.5. The van der Waals surface area contributed by atoms with Crippen LogP contribution in [0.4, 0.5) is 26.3 Å². The third-order valence-electron chi connectivity index (χ3n) is 6.08. The topological polar surface area (TPSA) is 75.7 Å². The Hall–Kier alpha value is -3.21. The number of aromatic amines is 1. The number of nitrogens with one attached hydrogen (secondary N) is 1. The largest absolute Gasteiger partial charge is 0.409 e. The Balaban J connectivity index is 1.94. The van der Waals surface area contributed by atoms with E-state index in [4.69, 9.17) is 11.6 Å². The Morgan fingerprint density at radius 2 is 1.65 bits per heavy atom. The second kappa shape index (κ2) is 10.3. The zero-order valence-corrected chi connectivity index (χ0v) is 20.6. The summed E-state index contributed by atoms with van der Waals surface area (Å²) in [5, 5.41) is 0.113. The van der Waals surface area contributed by atoms with E-state index < -0.39 is 42.1 Å². The van der Waals surface area contributed by atoms with Crippen molar-refractivity contribution < 1.29 is 31.1 Å². The lowest BCUT2D eigenvalue weighted by atomic mass is 9.81. The van der Waals surface area contributed by atoms with Gasteiger partial charge in [0.05, 0.1) is 5.02 Å². The first-order chi connectivity index (χ1) is 17.0. The van der Waals surface area contributed by atoms with E-state index in [-0.39, 0.29) is 40.6 Å². The van der Waals surface area contributed by atoms with E-state index in [0.29, 0.717) is 5.56 Å². The van der Waals surface area contributed by atoms with Gasteiger partial charge in [0.25, 0.3) is 0 Å². The molecule has 0 aliphatic rings. The van der Waals surface area contributed by atoms with Crippen molar-refractivity contribution in [2.24, 2.45) is 5.41 Å². The Bertz CT molecular complexity index is 1350. The van der Waals surface area contributed by atoms with Crippen LogP contribution in [0.1, 0.15) is 44.2 Å². The van der Waals surface area contributed by atoms with Crippen LogP contribution in [0.25, 0.3) is 22.8 Å². The number of rotatable bonds is 7. The molecular weight excluding hydrogens is 524 g/mol. The fourth-order valence-electron chi connectivity index (χ4n) is 3.57. The van der Waals surface area contributed by atoms with Crippen LogP contribution < -0.4 is 5.69 Å². The molecule has 0 atom stereocenters. The van der Waals surface area contributed by atoms with E-state index in [1.54, 1.807) is 12.1 Å². The van der Waals surface area contributed by atoms with Crippen LogP contribution >= 0.6 is 11.6 Å². The summed E-state index contributed by atoms with van der Waals surface area (Å²) in [4.78, 5) is 35.1. The molecule has 5 nitrogen and oxygen atoms in total. The van der Waals surface area contributed by atoms with Gasteiger partial charge in [-0.05, 0) is 48.6 Å². The van der Waals surface area contributed by atoms with E-state index in [1.807, 2.05) is 26.0 Å². The lowest BCUT2D eigenvalue weighted by Gasteiger charge is -2.32. The first-order valence-electron chi connectivity index (χ1n) is 11.1. The van der Waals surface area contributed by atoms with Crippen molar-refractivity contribution in [1.29, 1.82) is 0 Å². The SMILES string of the molecule is CC(C)c1cccc(-c2nc(-c3cc(CCC(=O)C(C)(C(F)(F)F)C(F)(F)F)ccc3Cl)[nH]c(=O)n2)c1. The molecule has 0 spiro atoms. The average Bonchev–Trinajstić information content (AvgIpc) is 2.81. The smallest absolute Gasteiger partial charge is 0.298 e. The highest BCUT2D eigenvalue weighted by Gasteiger charge is 2.71. The third-order valence-corrected chi connectivity index (χ3v) is 6.41. The Labute approximate surface area is 212 Å². The maximum Gasteiger partial charge on any atom is 0.409 e. The molecule has 37 heavy (non-hydrogen) atoms. The van der Waals surface area contributed by atoms with Crippen LogP contribution in [0, 0.1) is 5.41 Å². The predicted octanol–water partition coefficient (Wildman–Crippen LogP) is 6.91. The summed E-state index contributed by atoms with van der Waals surface area (Å²) in [6.07, 6.45) is -13.1. The quantitative estimate of drug-likeness (QED) is 0.327. The van der Waals surface area contributed by atoms with Gasteiger partial charge in [0.1, 0.15) is 5.82 Å². The summed E-state index contributed by atoms with van der Waals surface area (Å²) >= 11 is 6.26. The summed E-state index contributed by atoms with van der Waals surface area (Å²) in [5.74, 6) is -1.71. The number of carbonyl (C=O) groups is 1. The number of hydrogen-bond donors (Lipinski definition) is 1. The van der Waals surface area contributed by atoms with Gasteiger partial charge in [0.2, 0.25) is 5.41 Å². The van der Waals surface area contributed by atoms with Gasteiger partial charge in [-0.3, -0.25) is 9.78 Å². The monoisotopic (exact) mass is 545 g/mol. The second-order valence-corrected chi connectivity index (χ2v) is 9.37. The van der Waals surface area contributed by atoms with Crippen LogP contribution in [0.5, 0.6) is 0 Å². The minimum absolute atomic E-state index is 0.00134. The highest BCUT2D eigenvalue weighted by molar-refractivity contribution is 6.33. The van der Waals surface area contributed by atoms with Crippen molar-refractivity contribution in [2.75, 3.05) is 0 Å². The van der Waals surface area contributed by atoms with Crippen LogP contribution in [-0.4, -0.2) is 33.1 Å². The Kier molecular flexibility index (Phi) is 7.88. The van der Waals surface area contributed by atoms with Gasteiger partial charge in [-0.1, -0.05) is 49.7 Å². The number of alkyl halides is 6. The molecule has 1 heterocycles. The van der Waals surface area contributed by atoms with Crippen molar-refractivity contribution in [3.8, 4) is 22.8 Å². The summed E-state index contributed by atoms with van der Waals surface area (Å²) in [5.41, 5.74) is -3.29. The van der Waals surface area contributed by atoms with Crippen LogP contribution in [0.3, 0.4) is 0 Å². The fraction of sp³-hybridized carbons (Fsp3) is 0.360. The maximum atomic E-state index is 13.2. The predicted molar refractivity (Wildman–Crippen MR) is 126 cm³/mol. The van der Waals surface area contributed by atoms with Gasteiger partial charge >= 0.3 is 18.0 Å². The van der Waals surface area contributed by atoms with Crippen LogP contribution in [0.15, 0.2) is 47.3 Å². The lowest BCUT2D eigenvalue weighted by Crippen LogP contribution is -2.53. The number of Topliss-reactive ketones (excluding diaryl/α,β-unsaturated/α-hetero) is 1. The van der Waals surface area contributed by atoms with E-state index in [9.17, 15) is 35.9 Å². The molecule has 0 bridgehead atoms. The molecule has 0 amide bonds. The number of aryl methyl sites for hydroxylation is 1. The molecule has 12 heteroatoms. The number of H-pyrrole nitrogens is 1. The molecule has 3 rings (SSSR count). The number of carbonyl (C=O) groups excluding carboxylic acids is 1. The van der Waals surface area contributed by atoms with Gasteiger partial charge in [-0.25, -0.2) is 9.78 Å². The van der Waals surface area contributed by atoms with Gasteiger partial charge in [0.15, 0.2) is 11.6 Å². The number of ketones is 1. The number of hydrogen-bond acceptors (Lipinski definition) is 4.